The molecular weight excluding hydrogens is 381 g/mol. The molecule has 146 valence electrons. The maximum Gasteiger partial charge on any atom is 0.342 e. The third kappa shape index (κ3) is 2.48. The summed E-state index contributed by atoms with van der Waals surface area (Å²) in [5.74, 6) is -1.26. The van der Waals surface area contributed by atoms with Crippen LogP contribution in [-0.2, 0) is 0 Å². The molecule has 28 heavy (non-hydrogen) atoms. The van der Waals surface area contributed by atoms with Gasteiger partial charge in [0.1, 0.15) is 16.2 Å². The predicted molar refractivity (Wildman–Crippen MR) is 107 cm³/mol. The zero-order chi connectivity index (χ0) is 19.6. The van der Waals surface area contributed by atoms with Gasteiger partial charge in [-0.2, -0.15) is 0 Å². The molecule has 8 heteroatoms. The quantitative estimate of drug-likeness (QED) is 0.691. The summed E-state index contributed by atoms with van der Waals surface area (Å²) in [7, 11) is 0. The molecule has 4 heterocycles. The molecule has 0 bridgehead atoms. The minimum Gasteiger partial charge on any atom is -0.477 e. The van der Waals surface area contributed by atoms with Crippen LogP contribution in [0.3, 0.4) is 0 Å². The SMILES string of the molecule is Cc1csc2c(C(=O)O)c(=O)c3cc(F)c(N4C[C@@H]5CCCN[C@@H]5C4)cc3n12. The van der Waals surface area contributed by atoms with E-state index in [1.165, 1.54) is 17.4 Å². The number of carbonyl (C=O) groups is 1. The van der Waals surface area contributed by atoms with Gasteiger partial charge in [0.15, 0.2) is 0 Å². The molecule has 5 rings (SSSR count). The Bertz CT molecular complexity index is 1170. The number of carboxylic acids is 1. The second kappa shape index (κ2) is 6.28. The highest BCUT2D eigenvalue weighted by molar-refractivity contribution is 7.16. The molecule has 2 atom stereocenters. The summed E-state index contributed by atoms with van der Waals surface area (Å²) in [6.07, 6.45) is 2.27. The maximum atomic E-state index is 15.0. The molecule has 0 spiro atoms. The number of thiazole rings is 1. The molecule has 0 radical (unpaired) electrons. The number of hydrogen-bond donors (Lipinski definition) is 2. The highest BCUT2D eigenvalue weighted by atomic mass is 32.1. The van der Waals surface area contributed by atoms with E-state index in [2.05, 4.69) is 5.32 Å². The summed E-state index contributed by atoms with van der Waals surface area (Å²) in [5.41, 5.74) is 0.927. The average Bonchev–Trinajstić information content (AvgIpc) is 3.25. The van der Waals surface area contributed by atoms with Gasteiger partial charge in [-0.25, -0.2) is 9.18 Å². The summed E-state index contributed by atoms with van der Waals surface area (Å²) >= 11 is 1.22. The van der Waals surface area contributed by atoms with Crippen molar-refractivity contribution in [1.82, 2.24) is 9.72 Å². The van der Waals surface area contributed by atoms with Crippen LogP contribution in [0.15, 0.2) is 22.3 Å². The van der Waals surface area contributed by atoms with E-state index in [9.17, 15) is 14.7 Å². The first-order valence-electron chi connectivity index (χ1n) is 9.43. The molecule has 0 unspecified atom stereocenters. The third-order valence-corrected chi connectivity index (χ3v) is 7.11. The zero-order valence-corrected chi connectivity index (χ0v) is 16.2. The summed E-state index contributed by atoms with van der Waals surface area (Å²) in [6, 6.07) is 3.28. The Hall–Kier alpha value is -2.45. The standard InChI is InChI=1S/C20H20FN3O3S/c1-10-9-28-19-17(20(26)27)18(25)12-5-13(21)16(6-15(12)24(10)19)23-7-11-3-2-4-22-14(11)8-23/h5-6,9,11,14,22H,2-4,7-8H2,1H3,(H,26,27)/t11-,14+/m0/s1. The summed E-state index contributed by atoms with van der Waals surface area (Å²) in [6.45, 7) is 4.38. The number of hydrogen-bond acceptors (Lipinski definition) is 5. The van der Waals surface area contributed by atoms with Gasteiger partial charge < -0.3 is 19.7 Å². The van der Waals surface area contributed by atoms with Crippen molar-refractivity contribution in [3.8, 4) is 0 Å². The molecule has 2 aliphatic rings. The second-order valence-corrected chi connectivity index (χ2v) is 8.57. The van der Waals surface area contributed by atoms with Gasteiger partial charge in [0.2, 0.25) is 5.43 Å². The van der Waals surface area contributed by atoms with E-state index in [4.69, 9.17) is 0 Å². The van der Waals surface area contributed by atoms with E-state index in [0.29, 0.717) is 28.0 Å². The average molecular weight is 401 g/mol. The maximum absolute atomic E-state index is 15.0. The molecule has 6 nitrogen and oxygen atoms in total. The van der Waals surface area contributed by atoms with Crippen molar-refractivity contribution in [2.75, 3.05) is 24.5 Å². The fraction of sp³-hybridized carbons (Fsp3) is 0.400. The molecule has 0 amide bonds. The van der Waals surface area contributed by atoms with Crippen LogP contribution in [0.4, 0.5) is 10.1 Å². The highest BCUT2D eigenvalue weighted by Gasteiger charge is 2.35. The smallest absolute Gasteiger partial charge is 0.342 e. The Morgan fingerprint density at radius 2 is 2.18 bits per heavy atom. The van der Waals surface area contributed by atoms with Gasteiger partial charge >= 0.3 is 5.97 Å². The number of aromatic nitrogens is 1. The Morgan fingerprint density at radius 1 is 1.36 bits per heavy atom. The Balaban J connectivity index is 1.74. The fourth-order valence-corrected chi connectivity index (χ4v) is 5.73. The summed E-state index contributed by atoms with van der Waals surface area (Å²) in [4.78, 5) is 26.9. The van der Waals surface area contributed by atoms with Gasteiger partial charge in [-0.3, -0.25) is 4.79 Å². The third-order valence-electron chi connectivity index (χ3n) is 6.04. The van der Waals surface area contributed by atoms with Crippen LogP contribution >= 0.6 is 11.3 Å². The van der Waals surface area contributed by atoms with E-state index in [-0.39, 0.29) is 10.9 Å². The number of piperidine rings is 1. The van der Waals surface area contributed by atoms with Gasteiger partial charge in [0, 0.05) is 30.2 Å². The van der Waals surface area contributed by atoms with Crippen molar-refractivity contribution in [3.05, 3.63) is 44.8 Å². The fourth-order valence-electron chi connectivity index (χ4n) is 4.70. The van der Waals surface area contributed by atoms with Crippen LogP contribution in [-0.4, -0.2) is 41.2 Å². The van der Waals surface area contributed by atoms with Crippen molar-refractivity contribution in [1.29, 1.82) is 0 Å². The van der Waals surface area contributed by atoms with Gasteiger partial charge in [0.05, 0.1) is 16.6 Å². The number of aromatic carboxylic acids is 1. The van der Waals surface area contributed by atoms with Crippen LogP contribution in [0.1, 0.15) is 28.9 Å². The lowest BCUT2D eigenvalue weighted by Gasteiger charge is -2.24. The molecule has 2 N–H and O–H groups in total. The van der Waals surface area contributed by atoms with E-state index in [1.807, 2.05) is 17.2 Å². The number of nitrogens with one attached hydrogen (secondary N) is 1. The molecule has 1 aromatic carbocycles. The first kappa shape index (κ1) is 17.6. The first-order valence-corrected chi connectivity index (χ1v) is 10.3. The van der Waals surface area contributed by atoms with Crippen molar-refractivity contribution in [2.45, 2.75) is 25.8 Å². The number of aryl methyl sites for hydroxylation is 1. The first-order chi connectivity index (χ1) is 13.5. The van der Waals surface area contributed by atoms with Gasteiger partial charge in [0.25, 0.3) is 0 Å². The van der Waals surface area contributed by atoms with Crippen LogP contribution < -0.4 is 15.6 Å². The number of halogens is 1. The number of carboxylic acid groups (broad SMARTS) is 1. The molecule has 3 aromatic rings. The predicted octanol–water partition coefficient (Wildman–Crippen LogP) is 2.85. The normalized spacial score (nSPS) is 22.1. The number of rotatable bonds is 2. The van der Waals surface area contributed by atoms with Crippen molar-refractivity contribution >= 4 is 38.7 Å². The van der Waals surface area contributed by atoms with Crippen LogP contribution in [0.25, 0.3) is 15.7 Å². The van der Waals surface area contributed by atoms with Crippen molar-refractivity contribution in [2.24, 2.45) is 5.92 Å². The minimum atomic E-state index is -1.29. The van der Waals surface area contributed by atoms with Gasteiger partial charge in [-0.15, -0.1) is 11.3 Å². The molecule has 2 fully saturated rings. The van der Waals surface area contributed by atoms with E-state index < -0.39 is 17.2 Å². The monoisotopic (exact) mass is 401 g/mol. The van der Waals surface area contributed by atoms with Crippen molar-refractivity contribution < 1.29 is 14.3 Å². The lowest BCUT2D eigenvalue weighted by molar-refractivity contribution is 0.0697. The van der Waals surface area contributed by atoms with Gasteiger partial charge in [-0.05, 0) is 44.4 Å². The highest BCUT2D eigenvalue weighted by Crippen LogP contribution is 2.34. The van der Waals surface area contributed by atoms with Crippen molar-refractivity contribution in [3.63, 3.8) is 0 Å². The lowest BCUT2D eigenvalue weighted by Crippen LogP contribution is -2.40. The molecule has 0 aliphatic carbocycles. The van der Waals surface area contributed by atoms with Crippen LogP contribution in [0.2, 0.25) is 0 Å². The minimum absolute atomic E-state index is 0.104. The largest absolute Gasteiger partial charge is 0.477 e. The Morgan fingerprint density at radius 3 is 2.93 bits per heavy atom. The van der Waals surface area contributed by atoms with E-state index in [1.54, 1.807) is 10.5 Å². The molecule has 2 saturated heterocycles. The number of benzene rings is 1. The topological polar surface area (TPSA) is 74.0 Å². The number of anilines is 1. The molecule has 2 aromatic heterocycles. The number of fused-ring (bicyclic) bond motifs is 4. The van der Waals surface area contributed by atoms with Crippen LogP contribution in [0.5, 0.6) is 0 Å². The van der Waals surface area contributed by atoms with E-state index in [0.717, 1.165) is 38.2 Å². The lowest BCUT2D eigenvalue weighted by atomic mass is 9.94. The Labute approximate surface area is 164 Å². The summed E-state index contributed by atoms with van der Waals surface area (Å²) < 4.78 is 16.8. The zero-order valence-electron chi connectivity index (χ0n) is 15.4. The van der Waals surface area contributed by atoms with Crippen LogP contribution in [0, 0.1) is 18.7 Å². The molecule has 0 saturated carbocycles. The van der Waals surface area contributed by atoms with E-state index >= 15 is 4.39 Å². The number of pyridine rings is 1. The molecular formula is C20H20FN3O3S. The molecule has 2 aliphatic heterocycles. The summed E-state index contributed by atoms with van der Waals surface area (Å²) in [5, 5.41) is 15.0. The Kier molecular flexibility index (Phi) is 3.96. The number of nitrogens with zero attached hydrogens (tertiary/aromatic N) is 2. The second-order valence-electron chi connectivity index (χ2n) is 7.72. The van der Waals surface area contributed by atoms with Gasteiger partial charge in [-0.1, -0.05) is 0 Å².